The summed E-state index contributed by atoms with van der Waals surface area (Å²) in [5.41, 5.74) is -0.390. The summed E-state index contributed by atoms with van der Waals surface area (Å²) in [5, 5.41) is 9.74. The zero-order chi connectivity index (χ0) is 11.5. The van der Waals surface area contributed by atoms with Crippen molar-refractivity contribution in [3.8, 4) is 0 Å². The first-order chi connectivity index (χ1) is 7.55. The monoisotopic (exact) mass is 222 g/mol. The summed E-state index contributed by atoms with van der Waals surface area (Å²) in [4.78, 5) is 11.8. The summed E-state index contributed by atoms with van der Waals surface area (Å²) >= 11 is 0. The highest BCUT2D eigenvalue weighted by molar-refractivity contribution is 5.76. The van der Waals surface area contributed by atoms with Crippen LogP contribution in [0.5, 0.6) is 0 Å². The normalized spacial score (nSPS) is 55.0. The molecule has 6 unspecified atom stereocenters. The Bertz CT molecular complexity index is 325. The molecule has 0 aromatic carbocycles. The van der Waals surface area contributed by atoms with Gasteiger partial charge in [-0.05, 0) is 61.7 Å². The Morgan fingerprint density at radius 2 is 1.81 bits per heavy atom. The van der Waals surface area contributed by atoms with Gasteiger partial charge in [-0.1, -0.05) is 13.8 Å². The van der Waals surface area contributed by atoms with Gasteiger partial charge in [-0.2, -0.15) is 0 Å². The molecule has 16 heavy (non-hydrogen) atoms. The summed E-state index contributed by atoms with van der Waals surface area (Å²) in [7, 11) is 0. The van der Waals surface area contributed by atoms with Gasteiger partial charge in [0.1, 0.15) is 0 Å². The lowest BCUT2D eigenvalue weighted by molar-refractivity contribution is -0.162. The van der Waals surface area contributed by atoms with E-state index in [1.54, 1.807) is 0 Å². The van der Waals surface area contributed by atoms with E-state index >= 15 is 0 Å². The van der Waals surface area contributed by atoms with Crippen LogP contribution in [0.4, 0.5) is 0 Å². The molecular weight excluding hydrogens is 200 g/mol. The molecule has 0 aromatic rings. The van der Waals surface area contributed by atoms with Crippen molar-refractivity contribution >= 4 is 5.97 Å². The maximum Gasteiger partial charge on any atom is 0.310 e. The topological polar surface area (TPSA) is 37.3 Å². The van der Waals surface area contributed by atoms with Crippen LogP contribution in [-0.2, 0) is 4.79 Å². The molecule has 90 valence electrons. The van der Waals surface area contributed by atoms with Gasteiger partial charge in [0.25, 0.3) is 0 Å². The Balaban J connectivity index is 2.07. The smallest absolute Gasteiger partial charge is 0.310 e. The third-order valence-electron chi connectivity index (χ3n) is 6.25. The lowest BCUT2D eigenvalue weighted by Gasteiger charge is -2.46. The molecule has 0 heterocycles. The number of hydrogen-bond donors (Lipinski definition) is 1. The molecule has 0 aromatic heterocycles. The van der Waals surface area contributed by atoms with Crippen LogP contribution >= 0.6 is 0 Å². The van der Waals surface area contributed by atoms with Crippen molar-refractivity contribution in [1.82, 2.24) is 0 Å². The number of fused-ring (bicyclic) bond motifs is 2. The molecule has 3 fully saturated rings. The molecule has 3 aliphatic carbocycles. The zero-order valence-electron chi connectivity index (χ0n) is 10.3. The minimum absolute atomic E-state index is 0.371. The Labute approximate surface area is 97.4 Å². The molecule has 6 atom stereocenters. The molecule has 3 aliphatic rings. The van der Waals surface area contributed by atoms with Crippen molar-refractivity contribution in [2.45, 2.75) is 46.0 Å². The highest BCUT2D eigenvalue weighted by Crippen LogP contribution is 2.63. The fraction of sp³-hybridized carbons (Fsp3) is 0.929. The second-order valence-corrected chi connectivity index (χ2v) is 6.57. The average Bonchev–Trinajstić information content (AvgIpc) is 2.54. The van der Waals surface area contributed by atoms with E-state index in [-0.39, 0.29) is 0 Å². The quantitative estimate of drug-likeness (QED) is 0.740. The van der Waals surface area contributed by atoms with Gasteiger partial charge in [-0.25, -0.2) is 0 Å². The van der Waals surface area contributed by atoms with Crippen LogP contribution < -0.4 is 0 Å². The van der Waals surface area contributed by atoms with E-state index in [2.05, 4.69) is 13.8 Å². The number of hydrogen-bond acceptors (Lipinski definition) is 1. The summed E-state index contributed by atoms with van der Waals surface area (Å²) < 4.78 is 0. The number of carboxylic acids is 1. The van der Waals surface area contributed by atoms with Crippen LogP contribution in [0.1, 0.15) is 46.0 Å². The Hall–Kier alpha value is -0.530. The lowest BCUT2D eigenvalue weighted by Crippen LogP contribution is -2.48. The molecule has 0 radical (unpaired) electrons. The summed E-state index contributed by atoms with van der Waals surface area (Å²) in [5.74, 6) is 2.52. The SMILES string of the molecule is CC1CCC2CC3CC2CC1(C(=O)O)C3C. The van der Waals surface area contributed by atoms with Crippen LogP contribution in [0.25, 0.3) is 0 Å². The van der Waals surface area contributed by atoms with E-state index in [4.69, 9.17) is 0 Å². The van der Waals surface area contributed by atoms with Gasteiger partial charge in [0.15, 0.2) is 0 Å². The predicted molar refractivity (Wildman–Crippen MR) is 62.0 cm³/mol. The number of carboxylic acid groups (broad SMARTS) is 1. The van der Waals surface area contributed by atoms with Crippen LogP contribution in [0.2, 0.25) is 0 Å². The van der Waals surface area contributed by atoms with E-state index < -0.39 is 11.4 Å². The van der Waals surface area contributed by atoms with Crippen LogP contribution in [0, 0.1) is 35.0 Å². The van der Waals surface area contributed by atoms with Gasteiger partial charge in [0.2, 0.25) is 0 Å². The first-order valence-electron chi connectivity index (χ1n) is 6.79. The van der Waals surface area contributed by atoms with Gasteiger partial charge in [0, 0.05) is 0 Å². The molecule has 3 rings (SSSR count). The minimum Gasteiger partial charge on any atom is -0.481 e. The standard InChI is InChI=1S/C14H22O2/c1-8-3-4-10-5-11-6-12(10)7-14(8,9(11)2)13(15)16/h8-12H,3-7H2,1-2H3,(H,15,16). The van der Waals surface area contributed by atoms with Gasteiger partial charge in [-0.3, -0.25) is 4.79 Å². The van der Waals surface area contributed by atoms with E-state index in [1.807, 2.05) is 0 Å². The first-order valence-corrected chi connectivity index (χ1v) is 6.79. The number of aliphatic carboxylic acids is 1. The first kappa shape index (κ1) is 10.6. The van der Waals surface area contributed by atoms with Crippen LogP contribution in [0.15, 0.2) is 0 Å². The summed E-state index contributed by atoms with van der Waals surface area (Å²) in [6.45, 7) is 4.39. The third-order valence-corrected chi connectivity index (χ3v) is 6.25. The molecule has 3 bridgehead atoms. The fourth-order valence-corrected chi connectivity index (χ4v) is 5.18. The molecule has 2 heteroatoms. The van der Waals surface area contributed by atoms with Gasteiger partial charge in [0.05, 0.1) is 5.41 Å². The molecule has 3 saturated carbocycles. The van der Waals surface area contributed by atoms with Crippen molar-refractivity contribution in [3.63, 3.8) is 0 Å². The predicted octanol–water partition coefficient (Wildman–Crippen LogP) is 3.17. The minimum atomic E-state index is -0.509. The highest BCUT2D eigenvalue weighted by atomic mass is 16.4. The van der Waals surface area contributed by atoms with Gasteiger partial charge < -0.3 is 5.11 Å². The second kappa shape index (κ2) is 3.24. The molecule has 0 aliphatic heterocycles. The third kappa shape index (κ3) is 1.11. The fourth-order valence-electron chi connectivity index (χ4n) is 5.18. The Morgan fingerprint density at radius 3 is 2.50 bits per heavy atom. The average molecular weight is 222 g/mol. The van der Waals surface area contributed by atoms with Gasteiger partial charge in [-0.15, -0.1) is 0 Å². The lowest BCUT2D eigenvalue weighted by atomic mass is 9.57. The van der Waals surface area contributed by atoms with E-state index in [0.717, 1.165) is 24.7 Å². The van der Waals surface area contributed by atoms with Crippen molar-refractivity contribution in [2.75, 3.05) is 0 Å². The summed E-state index contributed by atoms with van der Waals surface area (Å²) in [6.07, 6.45) is 6.00. The van der Waals surface area contributed by atoms with Crippen molar-refractivity contribution in [1.29, 1.82) is 0 Å². The van der Waals surface area contributed by atoms with E-state index in [1.165, 1.54) is 19.3 Å². The molecular formula is C14H22O2. The number of rotatable bonds is 1. The van der Waals surface area contributed by atoms with Crippen molar-refractivity contribution in [2.24, 2.45) is 35.0 Å². The van der Waals surface area contributed by atoms with E-state index in [9.17, 15) is 9.90 Å². The maximum atomic E-state index is 11.8. The Kier molecular flexibility index (Phi) is 2.15. The Morgan fingerprint density at radius 1 is 1.12 bits per heavy atom. The van der Waals surface area contributed by atoms with E-state index in [0.29, 0.717) is 17.8 Å². The second-order valence-electron chi connectivity index (χ2n) is 6.57. The molecule has 0 saturated heterocycles. The molecule has 0 amide bonds. The zero-order valence-corrected chi connectivity index (χ0v) is 10.3. The maximum absolute atomic E-state index is 11.8. The van der Waals surface area contributed by atoms with Crippen LogP contribution in [-0.4, -0.2) is 11.1 Å². The number of carbonyl (C=O) groups is 1. The highest BCUT2D eigenvalue weighted by Gasteiger charge is 2.60. The molecule has 2 nitrogen and oxygen atoms in total. The largest absolute Gasteiger partial charge is 0.481 e. The van der Waals surface area contributed by atoms with Crippen LogP contribution in [0.3, 0.4) is 0 Å². The molecule has 0 spiro atoms. The van der Waals surface area contributed by atoms with Crippen molar-refractivity contribution < 1.29 is 9.90 Å². The van der Waals surface area contributed by atoms with Crippen molar-refractivity contribution in [3.05, 3.63) is 0 Å². The molecule has 1 N–H and O–H groups in total. The summed E-state index contributed by atoms with van der Waals surface area (Å²) in [6, 6.07) is 0. The van der Waals surface area contributed by atoms with Gasteiger partial charge >= 0.3 is 5.97 Å².